The number of hydrogen-bond acceptors (Lipinski definition) is 5. The van der Waals surface area contributed by atoms with Crippen LogP contribution < -0.4 is 11.1 Å². The molecular weight excluding hydrogens is 326 g/mol. The molecule has 1 rings (SSSR count). The van der Waals surface area contributed by atoms with E-state index in [0.717, 1.165) is 12.8 Å². The maximum Gasteiger partial charge on any atom is 0.232 e. The van der Waals surface area contributed by atoms with E-state index < -0.39 is 0 Å². The van der Waals surface area contributed by atoms with Crippen molar-refractivity contribution in [3.63, 3.8) is 0 Å². The number of thioether (sulfide) groups is 1. The van der Waals surface area contributed by atoms with Crippen molar-refractivity contribution in [1.82, 2.24) is 10.2 Å². The molecule has 1 fully saturated rings. The Labute approximate surface area is 143 Å². The van der Waals surface area contributed by atoms with Gasteiger partial charge < -0.3 is 20.7 Å². The van der Waals surface area contributed by atoms with E-state index in [-0.39, 0.29) is 29.8 Å². The number of nitrogens with two attached hydrogens (primary N) is 1. The summed E-state index contributed by atoms with van der Waals surface area (Å²) in [4.78, 5) is 25.4. The number of hydrogen-bond donors (Lipinski definition) is 2. The van der Waals surface area contributed by atoms with Crippen LogP contribution in [0.25, 0.3) is 0 Å². The topological polar surface area (TPSA) is 84.7 Å². The van der Waals surface area contributed by atoms with Crippen LogP contribution in [0.4, 0.5) is 0 Å². The highest BCUT2D eigenvalue weighted by molar-refractivity contribution is 8.00. The summed E-state index contributed by atoms with van der Waals surface area (Å²) >= 11 is 1.34. The number of morpholine rings is 1. The number of rotatable bonds is 8. The summed E-state index contributed by atoms with van der Waals surface area (Å²) in [5, 5.41) is 2.85. The van der Waals surface area contributed by atoms with E-state index in [1.165, 1.54) is 11.8 Å². The molecule has 1 aliphatic heterocycles. The van der Waals surface area contributed by atoms with Crippen molar-refractivity contribution in [3.05, 3.63) is 0 Å². The second kappa shape index (κ2) is 11.1. The monoisotopic (exact) mass is 353 g/mol. The van der Waals surface area contributed by atoms with Crippen LogP contribution in [0.15, 0.2) is 0 Å². The zero-order chi connectivity index (χ0) is 15.7. The Hall–Kier alpha value is -0.500. The molecule has 2 amide bonds. The third-order valence-electron chi connectivity index (χ3n) is 3.87. The molecule has 0 unspecified atom stereocenters. The smallest absolute Gasteiger partial charge is 0.232 e. The molecule has 0 aliphatic carbocycles. The molecule has 8 heteroatoms. The predicted octanol–water partition coefficient (Wildman–Crippen LogP) is 0.634. The lowest BCUT2D eigenvalue weighted by molar-refractivity contribution is -0.132. The summed E-state index contributed by atoms with van der Waals surface area (Å²) < 4.78 is 5.20. The van der Waals surface area contributed by atoms with Crippen molar-refractivity contribution in [2.24, 2.45) is 5.73 Å². The standard InChI is InChI=1S/C14H27N3O3S.ClH/c1-3-14(15,4-2)11-16-12(18)9-21-10-13(19)17-5-7-20-8-6-17;/h3-11,15H2,1-2H3,(H,16,18);1H. The molecule has 3 N–H and O–H groups in total. The summed E-state index contributed by atoms with van der Waals surface area (Å²) in [6.07, 6.45) is 1.65. The summed E-state index contributed by atoms with van der Waals surface area (Å²) in [6.45, 7) is 7.02. The van der Waals surface area contributed by atoms with Gasteiger partial charge in [-0.2, -0.15) is 0 Å². The van der Waals surface area contributed by atoms with Crippen LogP contribution in [0.1, 0.15) is 26.7 Å². The highest BCUT2D eigenvalue weighted by Crippen LogP contribution is 2.10. The normalized spacial score (nSPS) is 15.1. The van der Waals surface area contributed by atoms with Crippen LogP contribution in [0.3, 0.4) is 0 Å². The minimum Gasteiger partial charge on any atom is -0.378 e. The molecule has 0 saturated carbocycles. The first-order chi connectivity index (χ1) is 10.0. The fourth-order valence-electron chi connectivity index (χ4n) is 1.96. The van der Waals surface area contributed by atoms with Crippen LogP contribution in [-0.2, 0) is 14.3 Å². The zero-order valence-electron chi connectivity index (χ0n) is 13.4. The van der Waals surface area contributed by atoms with Gasteiger partial charge in [0.1, 0.15) is 0 Å². The zero-order valence-corrected chi connectivity index (χ0v) is 15.1. The maximum atomic E-state index is 11.9. The lowest BCUT2D eigenvalue weighted by Crippen LogP contribution is -2.49. The van der Waals surface area contributed by atoms with Gasteiger partial charge in [0.2, 0.25) is 11.8 Å². The van der Waals surface area contributed by atoms with Crippen LogP contribution in [0, 0.1) is 0 Å². The Morgan fingerprint density at radius 1 is 1.23 bits per heavy atom. The highest BCUT2D eigenvalue weighted by Gasteiger charge is 2.21. The lowest BCUT2D eigenvalue weighted by Gasteiger charge is -2.27. The molecular formula is C14H28ClN3O3S. The van der Waals surface area contributed by atoms with Crippen molar-refractivity contribution in [1.29, 1.82) is 0 Å². The Bertz CT molecular complexity index is 348. The van der Waals surface area contributed by atoms with E-state index in [1.54, 1.807) is 4.90 Å². The second-order valence-electron chi connectivity index (χ2n) is 5.33. The SMILES string of the molecule is CCC(N)(CC)CNC(=O)CSCC(=O)N1CCOCC1.Cl. The largest absolute Gasteiger partial charge is 0.378 e. The van der Waals surface area contributed by atoms with E-state index in [9.17, 15) is 9.59 Å². The summed E-state index contributed by atoms with van der Waals surface area (Å²) in [7, 11) is 0. The molecule has 1 heterocycles. The Kier molecular flexibility index (Phi) is 10.8. The number of carbonyl (C=O) groups excluding carboxylic acids is 2. The molecule has 0 atom stereocenters. The Morgan fingerprint density at radius 2 is 1.82 bits per heavy atom. The summed E-state index contributed by atoms with van der Waals surface area (Å²) in [5.74, 6) is 0.639. The van der Waals surface area contributed by atoms with E-state index in [4.69, 9.17) is 10.5 Å². The molecule has 1 saturated heterocycles. The van der Waals surface area contributed by atoms with Crippen molar-refractivity contribution in [3.8, 4) is 0 Å². The van der Waals surface area contributed by atoms with Crippen molar-refractivity contribution < 1.29 is 14.3 Å². The van der Waals surface area contributed by atoms with Gasteiger partial charge in [-0.05, 0) is 12.8 Å². The molecule has 130 valence electrons. The second-order valence-corrected chi connectivity index (χ2v) is 6.32. The van der Waals surface area contributed by atoms with Gasteiger partial charge in [0, 0.05) is 25.2 Å². The van der Waals surface area contributed by atoms with E-state index in [2.05, 4.69) is 5.32 Å². The number of halogens is 1. The van der Waals surface area contributed by atoms with Gasteiger partial charge in [-0.1, -0.05) is 13.8 Å². The minimum atomic E-state index is -0.329. The quantitative estimate of drug-likeness (QED) is 0.668. The van der Waals surface area contributed by atoms with E-state index >= 15 is 0 Å². The first-order valence-electron chi connectivity index (χ1n) is 7.49. The van der Waals surface area contributed by atoms with Crippen molar-refractivity contribution in [2.75, 3.05) is 44.4 Å². The van der Waals surface area contributed by atoms with Crippen LogP contribution in [-0.4, -0.2) is 66.6 Å². The number of nitrogens with one attached hydrogen (secondary N) is 1. The molecule has 0 aromatic heterocycles. The first kappa shape index (κ1) is 21.5. The summed E-state index contributed by atoms with van der Waals surface area (Å²) in [5.41, 5.74) is 5.80. The van der Waals surface area contributed by atoms with Crippen molar-refractivity contribution in [2.45, 2.75) is 32.2 Å². The van der Waals surface area contributed by atoms with Gasteiger partial charge in [0.15, 0.2) is 0 Å². The van der Waals surface area contributed by atoms with E-state index in [1.807, 2.05) is 13.8 Å². The van der Waals surface area contributed by atoms with Gasteiger partial charge >= 0.3 is 0 Å². The number of amides is 2. The fraction of sp³-hybridized carbons (Fsp3) is 0.857. The maximum absolute atomic E-state index is 11.9. The van der Waals surface area contributed by atoms with Gasteiger partial charge in [-0.3, -0.25) is 9.59 Å². The molecule has 0 spiro atoms. The molecule has 1 aliphatic rings. The number of carbonyl (C=O) groups is 2. The average molecular weight is 354 g/mol. The van der Waals surface area contributed by atoms with Crippen molar-refractivity contribution >= 4 is 36.0 Å². The molecule has 0 aromatic carbocycles. The first-order valence-corrected chi connectivity index (χ1v) is 8.65. The predicted molar refractivity (Wildman–Crippen MR) is 92.5 cm³/mol. The third kappa shape index (κ3) is 7.67. The third-order valence-corrected chi connectivity index (χ3v) is 4.79. The van der Waals surface area contributed by atoms with Crippen LogP contribution in [0.2, 0.25) is 0 Å². The molecule has 0 bridgehead atoms. The van der Waals surface area contributed by atoms with Crippen LogP contribution in [0.5, 0.6) is 0 Å². The molecule has 0 radical (unpaired) electrons. The summed E-state index contributed by atoms with van der Waals surface area (Å²) in [6, 6.07) is 0. The van der Waals surface area contributed by atoms with E-state index in [0.29, 0.717) is 44.4 Å². The fourth-order valence-corrected chi connectivity index (χ4v) is 2.71. The van der Waals surface area contributed by atoms with Gasteiger partial charge in [-0.15, -0.1) is 24.2 Å². The van der Waals surface area contributed by atoms with Gasteiger partial charge in [0.05, 0.1) is 24.7 Å². The minimum absolute atomic E-state index is 0. The molecule has 0 aromatic rings. The Balaban J connectivity index is 0.00000441. The Morgan fingerprint density at radius 3 is 2.36 bits per heavy atom. The highest BCUT2D eigenvalue weighted by atomic mass is 35.5. The average Bonchev–Trinajstić information content (AvgIpc) is 2.53. The number of ether oxygens (including phenoxy) is 1. The lowest BCUT2D eigenvalue weighted by atomic mass is 9.94. The number of nitrogens with zero attached hydrogens (tertiary/aromatic N) is 1. The van der Waals surface area contributed by atoms with Gasteiger partial charge in [0.25, 0.3) is 0 Å². The molecule has 6 nitrogen and oxygen atoms in total. The van der Waals surface area contributed by atoms with Crippen LogP contribution >= 0.6 is 24.2 Å². The molecule has 22 heavy (non-hydrogen) atoms. The van der Waals surface area contributed by atoms with Gasteiger partial charge in [-0.25, -0.2) is 0 Å².